The number of rotatable bonds is 7. The topological polar surface area (TPSA) is 73.6 Å². The summed E-state index contributed by atoms with van der Waals surface area (Å²) in [5, 5.41) is 3.10. The van der Waals surface area contributed by atoms with Crippen molar-refractivity contribution in [3.8, 4) is 0 Å². The highest BCUT2D eigenvalue weighted by Crippen LogP contribution is 2.40. The summed E-state index contributed by atoms with van der Waals surface area (Å²) in [6.45, 7) is 2.02. The van der Waals surface area contributed by atoms with Crippen LogP contribution in [0, 0.1) is 5.41 Å². The smallest absolute Gasteiger partial charge is 0.249 e. The SMILES string of the molecule is COCCC1(CNC(=O)[C@@H]2CC[C@H](CN)O2)CCCC1.Cl. The molecule has 0 aromatic carbocycles. The molecular weight excluding hydrogens is 292 g/mol. The summed E-state index contributed by atoms with van der Waals surface area (Å²) < 4.78 is 10.9. The van der Waals surface area contributed by atoms with E-state index in [2.05, 4.69) is 5.32 Å². The highest BCUT2D eigenvalue weighted by atomic mass is 35.5. The Morgan fingerprint density at radius 3 is 2.67 bits per heavy atom. The van der Waals surface area contributed by atoms with Crippen molar-refractivity contribution < 1.29 is 14.3 Å². The molecule has 0 bridgehead atoms. The third kappa shape index (κ3) is 5.09. The summed E-state index contributed by atoms with van der Waals surface area (Å²) in [5.74, 6) is 0.0321. The fraction of sp³-hybridized carbons (Fsp3) is 0.933. The van der Waals surface area contributed by atoms with Crippen LogP contribution in [-0.4, -0.2) is 44.9 Å². The molecule has 0 spiro atoms. The molecule has 1 saturated heterocycles. The van der Waals surface area contributed by atoms with Crippen LogP contribution in [-0.2, 0) is 14.3 Å². The molecule has 2 atom stereocenters. The Morgan fingerprint density at radius 1 is 1.38 bits per heavy atom. The lowest BCUT2D eigenvalue weighted by atomic mass is 9.83. The monoisotopic (exact) mass is 320 g/mol. The van der Waals surface area contributed by atoms with Crippen molar-refractivity contribution in [2.45, 2.75) is 57.2 Å². The maximum atomic E-state index is 12.2. The lowest BCUT2D eigenvalue weighted by Gasteiger charge is -2.29. The van der Waals surface area contributed by atoms with E-state index >= 15 is 0 Å². The highest BCUT2D eigenvalue weighted by molar-refractivity contribution is 5.85. The van der Waals surface area contributed by atoms with E-state index in [-0.39, 0.29) is 35.9 Å². The Hall–Kier alpha value is -0.360. The van der Waals surface area contributed by atoms with Crippen LogP contribution in [0.2, 0.25) is 0 Å². The zero-order valence-electron chi connectivity index (χ0n) is 12.9. The summed E-state index contributed by atoms with van der Waals surface area (Å²) in [6, 6.07) is 0. The lowest BCUT2D eigenvalue weighted by molar-refractivity contribution is -0.132. The molecule has 21 heavy (non-hydrogen) atoms. The van der Waals surface area contributed by atoms with Gasteiger partial charge in [0.05, 0.1) is 6.10 Å². The van der Waals surface area contributed by atoms with E-state index in [0.717, 1.165) is 32.4 Å². The number of hydrogen-bond donors (Lipinski definition) is 2. The summed E-state index contributed by atoms with van der Waals surface area (Å²) in [5.41, 5.74) is 5.81. The molecule has 2 rings (SSSR count). The molecule has 1 aliphatic heterocycles. The Balaban J connectivity index is 0.00000220. The summed E-state index contributed by atoms with van der Waals surface area (Å²) in [4.78, 5) is 12.2. The number of nitrogens with one attached hydrogen (secondary N) is 1. The molecule has 5 nitrogen and oxygen atoms in total. The molecule has 1 amide bonds. The fourth-order valence-electron chi connectivity index (χ4n) is 3.42. The van der Waals surface area contributed by atoms with Crippen LogP contribution in [0.3, 0.4) is 0 Å². The molecule has 3 N–H and O–H groups in total. The molecule has 1 heterocycles. The van der Waals surface area contributed by atoms with Crippen molar-refractivity contribution in [1.29, 1.82) is 0 Å². The minimum Gasteiger partial charge on any atom is -0.385 e. The highest BCUT2D eigenvalue weighted by Gasteiger charge is 2.35. The number of ether oxygens (including phenoxy) is 2. The molecule has 0 aromatic heterocycles. The normalized spacial score (nSPS) is 27.3. The zero-order chi connectivity index (χ0) is 14.4. The van der Waals surface area contributed by atoms with E-state index in [0.29, 0.717) is 6.54 Å². The van der Waals surface area contributed by atoms with Gasteiger partial charge in [-0.05, 0) is 37.5 Å². The molecule has 2 aliphatic rings. The first kappa shape index (κ1) is 18.7. The van der Waals surface area contributed by atoms with Crippen molar-refractivity contribution in [1.82, 2.24) is 5.32 Å². The van der Waals surface area contributed by atoms with E-state index in [9.17, 15) is 4.79 Å². The second kappa shape index (κ2) is 8.93. The van der Waals surface area contributed by atoms with Crippen LogP contribution in [0.5, 0.6) is 0 Å². The van der Waals surface area contributed by atoms with Crippen LogP contribution in [0.15, 0.2) is 0 Å². The van der Waals surface area contributed by atoms with Gasteiger partial charge in [0.2, 0.25) is 5.91 Å². The van der Waals surface area contributed by atoms with E-state index < -0.39 is 0 Å². The summed E-state index contributed by atoms with van der Waals surface area (Å²) in [6.07, 6.45) is 7.36. The second-order valence-corrected chi connectivity index (χ2v) is 6.23. The quantitative estimate of drug-likeness (QED) is 0.747. The van der Waals surface area contributed by atoms with Gasteiger partial charge >= 0.3 is 0 Å². The van der Waals surface area contributed by atoms with Gasteiger partial charge in [-0.2, -0.15) is 0 Å². The number of methoxy groups -OCH3 is 1. The number of hydrogen-bond acceptors (Lipinski definition) is 4. The van der Waals surface area contributed by atoms with Crippen LogP contribution in [0.25, 0.3) is 0 Å². The van der Waals surface area contributed by atoms with E-state index in [1.54, 1.807) is 7.11 Å². The van der Waals surface area contributed by atoms with Gasteiger partial charge < -0.3 is 20.5 Å². The van der Waals surface area contributed by atoms with E-state index in [4.69, 9.17) is 15.2 Å². The van der Waals surface area contributed by atoms with Crippen molar-refractivity contribution >= 4 is 18.3 Å². The molecule has 124 valence electrons. The van der Waals surface area contributed by atoms with E-state index in [1.807, 2.05) is 0 Å². The molecule has 0 radical (unpaired) electrons. The minimum atomic E-state index is -0.301. The molecule has 1 aliphatic carbocycles. The van der Waals surface area contributed by atoms with Crippen LogP contribution in [0.4, 0.5) is 0 Å². The first-order valence-corrected chi connectivity index (χ1v) is 7.81. The third-order valence-corrected chi connectivity index (χ3v) is 4.80. The molecular formula is C15H29ClN2O3. The third-order valence-electron chi connectivity index (χ3n) is 4.80. The average Bonchev–Trinajstić information content (AvgIpc) is 3.12. The Morgan fingerprint density at radius 2 is 2.10 bits per heavy atom. The number of halogens is 1. The fourth-order valence-corrected chi connectivity index (χ4v) is 3.42. The largest absolute Gasteiger partial charge is 0.385 e. The number of carbonyl (C=O) groups excluding carboxylic acids is 1. The predicted octanol–water partition coefficient (Wildman–Crippen LogP) is 1.63. The molecule has 0 unspecified atom stereocenters. The van der Waals surface area contributed by atoms with Gasteiger partial charge in [0, 0.05) is 26.8 Å². The Bertz CT molecular complexity index is 322. The minimum absolute atomic E-state index is 0. The van der Waals surface area contributed by atoms with Crippen LogP contribution in [0.1, 0.15) is 44.9 Å². The first-order chi connectivity index (χ1) is 9.69. The van der Waals surface area contributed by atoms with Crippen LogP contribution >= 0.6 is 12.4 Å². The predicted molar refractivity (Wildman–Crippen MR) is 84.6 cm³/mol. The van der Waals surface area contributed by atoms with Gasteiger partial charge in [0.15, 0.2) is 0 Å². The van der Waals surface area contributed by atoms with Gasteiger partial charge in [0.1, 0.15) is 6.10 Å². The number of amides is 1. The molecule has 6 heteroatoms. The van der Waals surface area contributed by atoms with Gasteiger partial charge in [-0.1, -0.05) is 12.8 Å². The Labute approximate surface area is 133 Å². The van der Waals surface area contributed by atoms with Crippen LogP contribution < -0.4 is 11.1 Å². The van der Waals surface area contributed by atoms with Crippen molar-refractivity contribution in [2.24, 2.45) is 11.1 Å². The van der Waals surface area contributed by atoms with Crippen molar-refractivity contribution in [3.05, 3.63) is 0 Å². The maximum Gasteiger partial charge on any atom is 0.249 e. The Kier molecular flexibility index (Phi) is 7.95. The van der Waals surface area contributed by atoms with Gasteiger partial charge in [0.25, 0.3) is 0 Å². The van der Waals surface area contributed by atoms with Crippen molar-refractivity contribution in [3.63, 3.8) is 0 Å². The molecule has 0 aromatic rings. The summed E-state index contributed by atoms with van der Waals surface area (Å²) in [7, 11) is 1.74. The summed E-state index contributed by atoms with van der Waals surface area (Å²) >= 11 is 0. The number of nitrogens with two attached hydrogens (primary N) is 1. The van der Waals surface area contributed by atoms with Gasteiger partial charge in [-0.15, -0.1) is 12.4 Å². The van der Waals surface area contributed by atoms with Gasteiger partial charge in [-0.25, -0.2) is 0 Å². The second-order valence-electron chi connectivity index (χ2n) is 6.23. The van der Waals surface area contributed by atoms with E-state index in [1.165, 1.54) is 25.7 Å². The average molecular weight is 321 g/mol. The maximum absolute atomic E-state index is 12.2. The lowest BCUT2D eigenvalue weighted by Crippen LogP contribution is -2.42. The van der Waals surface area contributed by atoms with Crippen molar-refractivity contribution in [2.75, 3.05) is 26.8 Å². The standard InChI is InChI=1S/C15H28N2O3.ClH/c1-19-9-8-15(6-2-3-7-15)11-17-14(18)13-5-4-12(10-16)20-13;/h12-13H,2-11,16H2,1H3,(H,17,18);1H/t12-,13+;/m1./s1. The molecule has 2 fully saturated rings. The van der Waals surface area contributed by atoms with Gasteiger partial charge in [-0.3, -0.25) is 4.79 Å². The zero-order valence-corrected chi connectivity index (χ0v) is 13.8. The molecule has 1 saturated carbocycles. The first-order valence-electron chi connectivity index (χ1n) is 7.81. The number of carbonyl (C=O) groups is 1.